The highest BCUT2D eigenvalue weighted by Gasteiger charge is 2.36. The minimum absolute atomic E-state index is 0.285. The van der Waals surface area contributed by atoms with Crippen LogP contribution in [0.1, 0.15) is 5.76 Å². The molecule has 7 heteroatoms. The molecule has 0 spiro atoms. The number of furan rings is 1. The molecule has 1 aliphatic rings. The molecule has 5 nitrogen and oxygen atoms in total. The number of ether oxygens (including phenoxy) is 1. The van der Waals surface area contributed by atoms with Gasteiger partial charge in [-0.1, -0.05) is 29.8 Å². The Hall–Kier alpha value is -2.96. The Morgan fingerprint density at radius 3 is 2.68 bits per heavy atom. The molecular formula is C21H14ClNO4S. The summed E-state index contributed by atoms with van der Waals surface area (Å²) in [5, 5.41) is 0.198. The zero-order valence-electron chi connectivity index (χ0n) is 14.7. The van der Waals surface area contributed by atoms with Crippen LogP contribution in [0.3, 0.4) is 0 Å². The minimum Gasteiger partial charge on any atom is -0.497 e. The van der Waals surface area contributed by atoms with Gasteiger partial charge in [-0.2, -0.15) is 0 Å². The summed E-state index contributed by atoms with van der Waals surface area (Å²) in [6.07, 6.45) is 1.56. The highest BCUT2D eigenvalue weighted by molar-refractivity contribution is 8.19. The molecule has 2 heterocycles. The molecule has 0 radical (unpaired) electrons. The molecule has 140 valence electrons. The molecule has 0 unspecified atom stereocenters. The maximum Gasteiger partial charge on any atom is 0.298 e. The van der Waals surface area contributed by atoms with Crippen molar-refractivity contribution in [2.24, 2.45) is 0 Å². The number of carbonyl (C=O) groups excluding carboxylic acids is 2. The molecule has 0 N–H and O–H groups in total. The SMILES string of the molecule is COc1cccc(N2C(=O)S/C(=C/c3ccc(-c4ccccc4Cl)o3)C2=O)c1. The Balaban J connectivity index is 1.62. The van der Waals surface area contributed by atoms with E-state index in [1.165, 1.54) is 7.11 Å². The third kappa shape index (κ3) is 3.44. The highest BCUT2D eigenvalue weighted by Crippen LogP contribution is 2.37. The van der Waals surface area contributed by atoms with E-state index in [1.807, 2.05) is 18.2 Å². The quantitative estimate of drug-likeness (QED) is 0.504. The highest BCUT2D eigenvalue weighted by atomic mass is 35.5. The summed E-state index contributed by atoms with van der Waals surface area (Å²) in [5.74, 6) is 1.21. The number of rotatable bonds is 4. The van der Waals surface area contributed by atoms with E-state index >= 15 is 0 Å². The predicted molar refractivity (Wildman–Crippen MR) is 111 cm³/mol. The molecule has 2 aromatic carbocycles. The van der Waals surface area contributed by atoms with E-state index in [2.05, 4.69) is 0 Å². The summed E-state index contributed by atoms with van der Waals surface area (Å²) in [6.45, 7) is 0. The second-order valence-corrected chi connectivity index (χ2v) is 7.30. The van der Waals surface area contributed by atoms with Crippen LogP contribution >= 0.6 is 23.4 Å². The van der Waals surface area contributed by atoms with Gasteiger partial charge in [0.15, 0.2) is 0 Å². The van der Waals surface area contributed by atoms with Gasteiger partial charge < -0.3 is 9.15 Å². The first kappa shape index (κ1) is 18.4. The minimum atomic E-state index is -0.404. The lowest BCUT2D eigenvalue weighted by Gasteiger charge is -2.13. The van der Waals surface area contributed by atoms with E-state index in [-0.39, 0.29) is 10.1 Å². The van der Waals surface area contributed by atoms with Crippen LogP contribution in [0.4, 0.5) is 10.5 Å². The van der Waals surface area contributed by atoms with Crippen molar-refractivity contribution >= 4 is 46.3 Å². The lowest BCUT2D eigenvalue weighted by molar-refractivity contribution is -0.113. The Bertz CT molecular complexity index is 1110. The van der Waals surface area contributed by atoms with Gasteiger partial charge in [0.25, 0.3) is 11.1 Å². The number of amides is 2. The summed E-state index contributed by atoms with van der Waals surface area (Å²) in [7, 11) is 1.53. The van der Waals surface area contributed by atoms with Crippen molar-refractivity contribution < 1.29 is 18.7 Å². The Labute approximate surface area is 170 Å². The number of anilines is 1. The maximum atomic E-state index is 12.8. The van der Waals surface area contributed by atoms with Crippen LogP contribution in [-0.2, 0) is 4.79 Å². The number of imide groups is 1. The van der Waals surface area contributed by atoms with Crippen LogP contribution in [0, 0.1) is 0 Å². The fourth-order valence-electron chi connectivity index (χ4n) is 2.81. The number of methoxy groups -OCH3 is 1. The molecule has 1 saturated heterocycles. The first-order chi connectivity index (χ1) is 13.6. The normalized spacial score (nSPS) is 15.5. The number of halogens is 1. The monoisotopic (exact) mass is 411 g/mol. The van der Waals surface area contributed by atoms with Crippen LogP contribution in [0.2, 0.25) is 5.02 Å². The van der Waals surface area contributed by atoms with Crippen LogP contribution in [-0.4, -0.2) is 18.3 Å². The smallest absolute Gasteiger partial charge is 0.298 e. The number of nitrogens with zero attached hydrogens (tertiary/aromatic N) is 1. The molecule has 4 rings (SSSR count). The lowest BCUT2D eigenvalue weighted by atomic mass is 10.2. The number of hydrogen-bond acceptors (Lipinski definition) is 5. The van der Waals surface area contributed by atoms with E-state index in [9.17, 15) is 9.59 Å². The van der Waals surface area contributed by atoms with Crippen LogP contribution in [0.15, 0.2) is 70.0 Å². The maximum absolute atomic E-state index is 12.8. The molecule has 1 fully saturated rings. The lowest BCUT2D eigenvalue weighted by Crippen LogP contribution is -2.27. The third-order valence-corrected chi connectivity index (χ3v) is 5.34. The first-order valence-electron chi connectivity index (χ1n) is 8.33. The zero-order valence-corrected chi connectivity index (χ0v) is 16.3. The molecule has 3 aromatic rings. The molecule has 0 atom stereocenters. The van der Waals surface area contributed by atoms with Crippen molar-refractivity contribution in [1.29, 1.82) is 0 Å². The standard InChI is InChI=1S/C21H14ClNO4S/c1-26-14-6-4-5-13(11-14)23-20(24)19(28-21(23)25)12-15-9-10-18(27-15)16-7-2-3-8-17(16)22/h2-12H,1H3/b19-12+. The largest absolute Gasteiger partial charge is 0.497 e. The van der Waals surface area contributed by atoms with E-state index in [4.69, 9.17) is 20.8 Å². The van der Waals surface area contributed by atoms with Gasteiger partial charge >= 0.3 is 0 Å². The van der Waals surface area contributed by atoms with E-state index in [1.54, 1.807) is 48.5 Å². The number of carbonyl (C=O) groups is 2. The molecule has 1 aliphatic heterocycles. The topological polar surface area (TPSA) is 59.8 Å². The number of thioether (sulfide) groups is 1. The molecule has 0 aliphatic carbocycles. The van der Waals surface area contributed by atoms with Crippen LogP contribution in [0.25, 0.3) is 17.4 Å². The average Bonchev–Trinajstić information content (AvgIpc) is 3.27. The van der Waals surface area contributed by atoms with Crippen molar-refractivity contribution in [3.05, 3.63) is 76.4 Å². The molecular weight excluding hydrogens is 398 g/mol. The number of benzene rings is 2. The van der Waals surface area contributed by atoms with Gasteiger partial charge in [0.2, 0.25) is 0 Å². The molecule has 0 bridgehead atoms. The van der Waals surface area contributed by atoms with Gasteiger partial charge in [0.1, 0.15) is 17.3 Å². The van der Waals surface area contributed by atoms with E-state index < -0.39 is 5.91 Å². The summed E-state index contributed by atoms with van der Waals surface area (Å²) in [4.78, 5) is 26.6. The second kappa shape index (κ2) is 7.58. The van der Waals surface area contributed by atoms with E-state index in [0.29, 0.717) is 28.0 Å². The predicted octanol–water partition coefficient (Wildman–Crippen LogP) is 5.85. The summed E-state index contributed by atoms with van der Waals surface area (Å²) in [6, 6.07) is 17.6. The van der Waals surface area contributed by atoms with Crippen molar-refractivity contribution in [2.75, 3.05) is 12.0 Å². The summed E-state index contributed by atoms with van der Waals surface area (Å²) in [5.41, 5.74) is 1.22. The summed E-state index contributed by atoms with van der Waals surface area (Å²) >= 11 is 7.06. The third-order valence-electron chi connectivity index (χ3n) is 4.14. The first-order valence-corrected chi connectivity index (χ1v) is 9.53. The number of hydrogen-bond donors (Lipinski definition) is 0. The van der Waals surface area contributed by atoms with E-state index in [0.717, 1.165) is 22.2 Å². The van der Waals surface area contributed by atoms with Gasteiger partial charge in [-0.05, 0) is 48.2 Å². The Morgan fingerprint density at radius 2 is 1.89 bits per heavy atom. The molecule has 0 saturated carbocycles. The van der Waals surface area contributed by atoms with Crippen molar-refractivity contribution in [1.82, 2.24) is 0 Å². The Morgan fingerprint density at radius 1 is 1.07 bits per heavy atom. The van der Waals surface area contributed by atoms with Crippen molar-refractivity contribution in [3.8, 4) is 17.1 Å². The van der Waals surface area contributed by atoms with Crippen LogP contribution in [0.5, 0.6) is 5.75 Å². The van der Waals surface area contributed by atoms with Gasteiger partial charge in [-0.25, -0.2) is 4.90 Å². The van der Waals surface area contributed by atoms with Crippen molar-refractivity contribution in [2.45, 2.75) is 0 Å². The Kier molecular flexibility index (Phi) is 4.98. The van der Waals surface area contributed by atoms with Gasteiger partial charge in [0, 0.05) is 17.7 Å². The second-order valence-electron chi connectivity index (χ2n) is 5.90. The zero-order chi connectivity index (χ0) is 19.7. The fraction of sp³-hybridized carbons (Fsp3) is 0.0476. The van der Waals surface area contributed by atoms with Gasteiger partial charge in [-0.3, -0.25) is 9.59 Å². The summed E-state index contributed by atoms with van der Waals surface area (Å²) < 4.78 is 11.0. The van der Waals surface area contributed by atoms with Gasteiger partial charge in [-0.15, -0.1) is 0 Å². The van der Waals surface area contributed by atoms with Crippen LogP contribution < -0.4 is 9.64 Å². The van der Waals surface area contributed by atoms with Gasteiger partial charge in [0.05, 0.1) is 22.7 Å². The molecule has 1 aromatic heterocycles. The average molecular weight is 412 g/mol. The molecule has 28 heavy (non-hydrogen) atoms. The molecule has 2 amide bonds. The van der Waals surface area contributed by atoms with Crippen molar-refractivity contribution in [3.63, 3.8) is 0 Å². The fourth-order valence-corrected chi connectivity index (χ4v) is 3.86.